The highest BCUT2D eigenvalue weighted by Gasteiger charge is 2.24. The van der Waals surface area contributed by atoms with Crippen molar-refractivity contribution in [2.45, 2.75) is 25.8 Å². The number of carbonyl (C=O) groups is 2. The molecule has 0 fully saturated rings. The van der Waals surface area contributed by atoms with E-state index in [4.69, 9.17) is 9.84 Å². The number of benzene rings is 1. The van der Waals surface area contributed by atoms with Crippen molar-refractivity contribution in [3.8, 4) is 5.75 Å². The van der Waals surface area contributed by atoms with Crippen molar-refractivity contribution in [1.82, 2.24) is 5.32 Å². The van der Waals surface area contributed by atoms with Gasteiger partial charge < -0.3 is 15.2 Å². The molecule has 104 valence electrons. The van der Waals surface area contributed by atoms with E-state index in [0.717, 1.165) is 6.07 Å². The smallest absolute Gasteiger partial charge is 0.305 e. The van der Waals surface area contributed by atoms with Gasteiger partial charge in [-0.15, -0.1) is 0 Å². The van der Waals surface area contributed by atoms with Crippen molar-refractivity contribution in [2.75, 3.05) is 7.11 Å². The third kappa shape index (κ3) is 4.24. The minimum Gasteiger partial charge on any atom is -0.494 e. The molecule has 1 aromatic carbocycles. The number of carboxylic acids is 1. The van der Waals surface area contributed by atoms with Crippen LogP contribution < -0.4 is 10.1 Å². The summed E-state index contributed by atoms with van der Waals surface area (Å²) in [6, 6.07) is 3.80. The molecule has 0 aliphatic heterocycles. The maximum atomic E-state index is 13.5. The van der Waals surface area contributed by atoms with Gasteiger partial charge in [0.25, 0.3) is 5.91 Å². The number of hydrogen-bond acceptors (Lipinski definition) is 3. The number of carboxylic acid groups (broad SMARTS) is 1. The van der Waals surface area contributed by atoms with Gasteiger partial charge in [0, 0.05) is 11.1 Å². The molecule has 0 saturated carbocycles. The van der Waals surface area contributed by atoms with Crippen molar-refractivity contribution in [3.05, 3.63) is 29.6 Å². The van der Waals surface area contributed by atoms with E-state index in [2.05, 4.69) is 5.32 Å². The van der Waals surface area contributed by atoms with Crippen molar-refractivity contribution in [3.63, 3.8) is 0 Å². The highest BCUT2D eigenvalue weighted by Crippen LogP contribution is 2.18. The minimum absolute atomic E-state index is 0.0429. The molecule has 5 nitrogen and oxygen atoms in total. The predicted molar refractivity (Wildman–Crippen MR) is 66.8 cm³/mol. The van der Waals surface area contributed by atoms with Crippen LogP contribution in [0.3, 0.4) is 0 Å². The SMILES string of the molecule is COc1ccc(C(=O)NC(C)(C)CC(=O)O)cc1F. The highest BCUT2D eigenvalue weighted by atomic mass is 19.1. The Bertz CT molecular complexity index is 499. The van der Waals surface area contributed by atoms with Crippen LogP contribution in [0.5, 0.6) is 5.75 Å². The number of aliphatic carboxylic acids is 1. The summed E-state index contributed by atoms with van der Waals surface area (Å²) in [6.07, 6.45) is -0.225. The fourth-order valence-electron chi connectivity index (χ4n) is 1.61. The summed E-state index contributed by atoms with van der Waals surface area (Å²) in [5.74, 6) is -2.16. The Morgan fingerprint density at radius 2 is 2.05 bits per heavy atom. The quantitative estimate of drug-likeness (QED) is 0.855. The van der Waals surface area contributed by atoms with Crippen LogP contribution >= 0.6 is 0 Å². The van der Waals surface area contributed by atoms with Gasteiger partial charge in [-0.2, -0.15) is 0 Å². The molecule has 19 heavy (non-hydrogen) atoms. The van der Waals surface area contributed by atoms with Crippen LogP contribution in [-0.4, -0.2) is 29.6 Å². The zero-order valence-corrected chi connectivity index (χ0v) is 11.0. The second-order valence-electron chi connectivity index (χ2n) is 4.76. The molecule has 0 aliphatic carbocycles. The molecule has 0 atom stereocenters. The lowest BCUT2D eigenvalue weighted by molar-refractivity contribution is -0.138. The van der Waals surface area contributed by atoms with E-state index in [9.17, 15) is 14.0 Å². The third-order valence-electron chi connectivity index (χ3n) is 2.46. The number of halogens is 1. The normalized spacial score (nSPS) is 10.9. The Labute approximate surface area is 110 Å². The summed E-state index contributed by atoms with van der Waals surface area (Å²) in [5, 5.41) is 11.3. The molecular weight excluding hydrogens is 253 g/mol. The Morgan fingerprint density at radius 3 is 2.53 bits per heavy atom. The molecule has 0 radical (unpaired) electrons. The van der Waals surface area contributed by atoms with Gasteiger partial charge in [-0.1, -0.05) is 0 Å². The van der Waals surface area contributed by atoms with Crippen LogP contribution in [0.1, 0.15) is 30.6 Å². The standard InChI is InChI=1S/C13H16FNO4/c1-13(2,7-11(16)17)15-12(18)8-4-5-10(19-3)9(14)6-8/h4-6H,7H2,1-3H3,(H,15,18)(H,16,17). The molecule has 6 heteroatoms. The summed E-state index contributed by atoms with van der Waals surface area (Å²) in [4.78, 5) is 22.5. The van der Waals surface area contributed by atoms with Crippen LogP contribution in [0.25, 0.3) is 0 Å². The molecule has 0 saturated heterocycles. The van der Waals surface area contributed by atoms with E-state index in [-0.39, 0.29) is 17.7 Å². The zero-order chi connectivity index (χ0) is 14.6. The average Bonchev–Trinajstić information content (AvgIpc) is 2.26. The summed E-state index contributed by atoms with van der Waals surface area (Å²) in [7, 11) is 1.33. The number of ether oxygens (including phenoxy) is 1. The summed E-state index contributed by atoms with van der Waals surface area (Å²) in [5.41, 5.74) is -0.809. The van der Waals surface area contributed by atoms with E-state index in [0.29, 0.717) is 0 Å². The van der Waals surface area contributed by atoms with Gasteiger partial charge in [-0.05, 0) is 32.0 Å². The minimum atomic E-state index is -1.02. The molecule has 0 spiro atoms. The molecular formula is C13H16FNO4. The number of rotatable bonds is 5. The van der Waals surface area contributed by atoms with Gasteiger partial charge >= 0.3 is 5.97 Å². The first-order valence-corrected chi connectivity index (χ1v) is 5.63. The monoisotopic (exact) mass is 269 g/mol. The molecule has 1 aromatic rings. The maximum Gasteiger partial charge on any atom is 0.305 e. The van der Waals surface area contributed by atoms with Gasteiger partial charge in [0.15, 0.2) is 11.6 Å². The van der Waals surface area contributed by atoms with Crippen molar-refractivity contribution >= 4 is 11.9 Å². The first-order valence-electron chi connectivity index (χ1n) is 5.63. The fraction of sp³-hybridized carbons (Fsp3) is 0.385. The second-order valence-corrected chi connectivity index (χ2v) is 4.76. The highest BCUT2D eigenvalue weighted by molar-refractivity contribution is 5.95. The van der Waals surface area contributed by atoms with Gasteiger partial charge in [0.2, 0.25) is 0 Å². The zero-order valence-electron chi connectivity index (χ0n) is 11.0. The first-order chi connectivity index (χ1) is 8.75. The largest absolute Gasteiger partial charge is 0.494 e. The average molecular weight is 269 g/mol. The molecule has 0 aromatic heterocycles. The van der Waals surface area contributed by atoms with Gasteiger partial charge in [-0.3, -0.25) is 9.59 Å². The lowest BCUT2D eigenvalue weighted by atomic mass is 10.00. The molecule has 1 amide bonds. The number of hydrogen-bond donors (Lipinski definition) is 2. The van der Waals surface area contributed by atoms with Crippen molar-refractivity contribution < 1.29 is 23.8 Å². The van der Waals surface area contributed by atoms with Crippen LogP contribution in [0.2, 0.25) is 0 Å². The number of carbonyl (C=O) groups excluding carboxylic acids is 1. The molecule has 0 heterocycles. The third-order valence-corrected chi connectivity index (χ3v) is 2.46. The van der Waals surface area contributed by atoms with E-state index in [1.54, 1.807) is 13.8 Å². The Kier molecular flexibility index (Phi) is 4.47. The van der Waals surface area contributed by atoms with Crippen molar-refractivity contribution in [1.29, 1.82) is 0 Å². The summed E-state index contributed by atoms with van der Waals surface area (Å²) < 4.78 is 18.2. The second kappa shape index (κ2) is 5.69. The Balaban J connectivity index is 2.84. The van der Waals surface area contributed by atoms with Crippen LogP contribution in [0.15, 0.2) is 18.2 Å². The van der Waals surface area contributed by atoms with E-state index >= 15 is 0 Å². The van der Waals surface area contributed by atoms with E-state index in [1.165, 1.54) is 19.2 Å². The van der Waals surface area contributed by atoms with Crippen molar-refractivity contribution in [2.24, 2.45) is 0 Å². The van der Waals surface area contributed by atoms with Crippen LogP contribution in [-0.2, 0) is 4.79 Å². The molecule has 0 bridgehead atoms. The lowest BCUT2D eigenvalue weighted by Gasteiger charge is -2.24. The van der Waals surface area contributed by atoms with Gasteiger partial charge in [-0.25, -0.2) is 4.39 Å². The number of nitrogens with one attached hydrogen (secondary N) is 1. The Morgan fingerprint density at radius 1 is 1.42 bits per heavy atom. The van der Waals surface area contributed by atoms with Crippen LogP contribution in [0.4, 0.5) is 4.39 Å². The summed E-state index contributed by atoms with van der Waals surface area (Å²) in [6.45, 7) is 3.16. The van der Waals surface area contributed by atoms with E-state index in [1.807, 2.05) is 0 Å². The topological polar surface area (TPSA) is 75.6 Å². The fourth-order valence-corrected chi connectivity index (χ4v) is 1.61. The predicted octanol–water partition coefficient (Wildman–Crippen LogP) is 1.82. The first kappa shape index (κ1) is 14.9. The molecule has 0 unspecified atom stereocenters. The summed E-state index contributed by atoms with van der Waals surface area (Å²) >= 11 is 0. The number of methoxy groups -OCH3 is 1. The molecule has 0 aliphatic rings. The van der Waals surface area contributed by atoms with E-state index < -0.39 is 23.2 Å². The molecule has 2 N–H and O–H groups in total. The Hall–Kier alpha value is -2.11. The van der Waals surface area contributed by atoms with Crippen LogP contribution in [0, 0.1) is 5.82 Å². The number of amides is 1. The molecule has 1 rings (SSSR count). The maximum absolute atomic E-state index is 13.5. The van der Waals surface area contributed by atoms with Gasteiger partial charge in [0.05, 0.1) is 13.5 Å². The van der Waals surface area contributed by atoms with Gasteiger partial charge in [0.1, 0.15) is 0 Å². The lowest BCUT2D eigenvalue weighted by Crippen LogP contribution is -2.44.